The summed E-state index contributed by atoms with van der Waals surface area (Å²) in [4.78, 5) is 26.0. The standard InChI is InChI=1S/C16H19IN2O3/c1-4-9-22-15(20)13-10(2)19(3)16(21)18-14(13)11-7-5-6-8-12(11)17/h5-8,14H,4,9H2,1-3H3,(H,18,21)/t14-/m1/s1. The van der Waals surface area contributed by atoms with Gasteiger partial charge in [-0.15, -0.1) is 0 Å². The lowest BCUT2D eigenvalue weighted by molar-refractivity contribution is -0.139. The van der Waals surface area contributed by atoms with Gasteiger partial charge >= 0.3 is 12.0 Å². The van der Waals surface area contributed by atoms with Crippen LogP contribution in [-0.2, 0) is 9.53 Å². The van der Waals surface area contributed by atoms with Crippen molar-refractivity contribution in [1.29, 1.82) is 0 Å². The van der Waals surface area contributed by atoms with Gasteiger partial charge in [0.1, 0.15) is 0 Å². The van der Waals surface area contributed by atoms with E-state index in [9.17, 15) is 9.59 Å². The Morgan fingerprint density at radius 2 is 2.09 bits per heavy atom. The van der Waals surface area contributed by atoms with E-state index >= 15 is 0 Å². The highest BCUT2D eigenvalue weighted by molar-refractivity contribution is 14.1. The molecule has 22 heavy (non-hydrogen) atoms. The van der Waals surface area contributed by atoms with Gasteiger partial charge in [-0.05, 0) is 47.6 Å². The van der Waals surface area contributed by atoms with E-state index < -0.39 is 6.04 Å². The van der Waals surface area contributed by atoms with Crippen molar-refractivity contribution in [3.05, 3.63) is 44.7 Å². The molecule has 0 aromatic heterocycles. The van der Waals surface area contributed by atoms with Gasteiger partial charge in [-0.2, -0.15) is 0 Å². The summed E-state index contributed by atoms with van der Waals surface area (Å²) in [5.41, 5.74) is 2.00. The van der Waals surface area contributed by atoms with Crippen molar-refractivity contribution >= 4 is 34.6 Å². The molecule has 2 amide bonds. The number of carbonyl (C=O) groups excluding carboxylic acids is 2. The van der Waals surface area contributed by atoms with E-state index in [0.29, 0.717) is 17.9 Å². The Hall–Kier alpha value is -1.57. The second-order valence-electron chi connectivity index (χ2n) is 5.10. The molecular formula is C16H19IN2O3. The van der Waals surface area contributed by atoms with Crippen LogP contribution in [0.5, 0.6) is 0 Å². The highest BCUT2D eigenvalue weighted by atomic mass is 127. The van der Waals surface area contributed by atoms with E-state index in [-0.39, 0.29) is 12.0 Å². The Morgan fingerprint density at radius 3 is 2.73 bits per heavy atom. The summed E-state index contributed by atoms with van der Waals surface area (Å²) in [6.45, 7) is 4.08. The zero-order valence-corrected chi connectivity index (χ0v) is 15.0. The average Bonchev–Trinajstić information content (AvgIpc) is 2.50. The largest absolute Gasteiger partial charge is 0.462 e. The number of carbonyl (C=O) groups is 2. The average molecular weight is 414 g/mol. The van der Waals surface area contributed by atoms with E-state index in [2.05, 4.69) is 27.9 Å². The fourth-order valence-electron chi connectivity index (χ4n) is 2.31. The normalized spacial score (nSPS) is 18.3. The molecule has 5 nitrogen and oxygen atoms in total. The molecule has 6 heteroatoms. The summed E-state index contributed by atoms with van der Waals surface area (Å²) in [5, 5.41) is 2.88. The maximum absolute atomic E-state index is 12.5. The molecule has 0 aliphatic carbocycles. The first-order chi connectivity index (χ1) is 10.5. The first-order valence-corrected chi connectivity index (χ1v) is 8.21. The summed E-state index contributed by atoms with van der Waals surface area (Å²) < 4.78 is 6.29. The highest BCUT2D eigenvalue weighted by Gasteiger charge is 2.35. The summed E-state index contributed by atoms with van der Waals surface area (Å²) in [6.07, 6.45) is 0.758. The summed E-state index contributed by atoms with van der Waals surface area (Å²) in [5.74, 6) is -0.379. The number of nitrogens with one attached hydrogen (secondary N) is 1. The van der Waals surface area contributed by atoms with Gasteiger partial charge in [-0.1, -0.05) is 25.1 Å². The molecule has 118 valence electrons. The van der Waals surface area contributed by atoms with Crippen LogP contribution in [-0.4, -0.2) is 30.6 Å². The van der Waals surface area contributed by atoms with Crippen molar-refractivity contribution in [3.63, 3.8) is 0 Å². The summed E-state index contributed by atoms with van der Waals surface area (Å²) >= 11 is 2.20. The Balaban J connectivity index is 2.48. The zero-order chi connectivity index (χ0) is 16.3. The van der Waals surface area contributed by atoms with Crippen LogP contribution in [0.1, 0.15) is 31.9 Å². The number of halogens is 1. The molecule has 1 atom stereocenters. The fraction of sp³-hybridized carbons (Fsp3) is 0.375. The smallest absolute Gasteiger partial charge is 0.338 e. The summed E-state index contributed by atoms with van der Waals surface area (Å²) in [7, 11) is 1.64. The lowest BCUT2D eigenvalue weighted by Crippen LogP contribution is -2.46. The van der Waals surface area contributed by atoms with Crippen LogP contribution in [0.3, 0.4) is 0 Å². The third-order valence-electron chi connectivity index (χ3n) is 3.63. The molecule has 2 rings (SSSR count). The molecule has 0 saturated heterocycles. The molecule has 0 radical (unpaired) electrons. The van der Waals surface area contributed by atoms with Crippen molar-refractivity contribution in [2.24, 2.45) is 0 Å². The van der Waals surface area contributed by atoms with Gasteiger partial charge in [-0.25, -0.2) is 9.59 Å². The number of esters is 1. The Labute approximate surface area is 143 Å². The third kappa shape index (κ3) is 3.26. The predicted molar refractivity (Wildman–Crippen MR) is 92.1 cm³/mol. The molecule has 1 aromatic rings. The van der Waals surface area contributed by atoms with Gasteiger partial charge in [0.15, 0.2) is 0 Å². The SMILES string of the molecule is CCCOC(=O)C1=C(C)N(C)C(=O)N[C@@H]1c1ccccc1I. The first kappa shape index (κ1) is 16.8. The Kier molecular flexibility index (Phi) is 5.44. The van der Waals surface area contributed by atoms with Gasteiger partial charge in [0.25, 0.3) is 0 Å². The molecule has 1 heterocycles. The molecule has 0 spiro atoms. The fourth-order valence-corrected chi connectivity index (χ4v) is 3.01. The number of urea groups is 1. The number of ether oxygens (including phenoxy) is 1. The van der Waals surface area contributed by atoms with Gasteiger partial charge in [-0.3, -0.25) is 0 Å². The molecular weight excluding hydrogens is 395 g/mol. The summed E-state index contributed by atoms with van der Waals surface area (Å²) in [6, 6.07) is 6.97. The molecule has 0 unspecified atom stereocenters. The maximum Gasteiger partial charge on any atom is 0.338 e. The van der Waals surface area contributed by atoms with E-state index in [4.69, 9.17) is 4.74 Å². The predicted octanol–water partition coefficient (Wildman–Crippen LogP) is 3.21. The van der Waals surface area contributed by atoms with Crippen molar-refractivity contribution in [3.8, 4) is 0 Å². The minimum absolute atomic E-state index is 0.228. The van der Waals surface area contributed by atoms with Crippen LogP contribution in [0.4, 0.5) is 4.79 Å². The van der Waals surface area contributed by atoms with Crippen LogP contribution in [0.25, 0.3) is 0 Å². The number of rotatable bonds is 4. The monoisotopic (exact) mass is 414 g/mol. The second kappa shape index (κ2) is 7.13. The molecule has 0 fully saturated rings. The molecule has 1 aliphatic rings. The number of benzene rings is 1. The number of amides is 2. The van der Waals surface area contributed by atoms with Gasteiger partial charge in [0.05, 0.1) is 18.2 Å². The van der Waals surface area contributed by atoms with Crippen molar-refractivity contribution < 1.29 is 14.3 Å². The van der Waals surface area contributed by atoms with Crippen LogP contribution < -0.4 is 5.32 Å². The van der Waals surface area contributed by atoms with E-state index in [0.717, 1.165) is 15.6 Å². The molecule has 1 aliphatic heterocycles. The molecule has 1 aromatic carbocycles. The Morgan fingerprint density at radius 1 is 1.41 bits per heavy atom. The third-order valence-corrected chi connectivity index (χ3v) is 4.61. The van der Waals surface area contributed by atoms with Crippen LogP contribution >= 0.6 is 22.6 Å². The van der Waals surface area contributed by atoms with Crippen molar-refractivity contribution in [1.82, 2.24) is 10.2 Å². The van der Waals surface area contributed by atoms with Crippen molar-refractivity contribution in [2.45, 2.75) is 26.3 Å². The van der Waals surface area contributed by atoms with Gasteiger partial charge in [0.2, 0.25) is 0 Å². The highest BCUT2D eigenvalue weighted by Crippen LogP contribution is 2.32. The van der Waals surface area contributed by atoms with E-state index in [1.54, 1.807) is 14.0 Å². The van der Waals surface area contributed by atoms with Gasteiger partial charge < -0.3 is 15.0 Å². The Bertz CT molecular complexity index is 628. The molecule has 0 saturated carbocycles. The lowest BCUT2D eigenvalue weighted by atomic mass is 9.95. The van der Waals surface area contributed by atoms with E-state index in [1.807, 2.05) is 31.2 Å². The molecule has 1 N–H and O–H groups in total. The quantitative estimate of drug-likeness (QED) is 0.608. The minimum atomic E-state index is -0.485. The number of hydrogen-bond donors (Lipinski definition) is 1. The lowest BCUT2D eigenvalue weighted by Gasteiger charge is -2.33. The van der Waals surface area contributed by atoms with E-state index in [1.165, 1.54) is 4.90 Å². The number of allylic oxidation sites excluding steroid dienone is 1. The molecule has 0 bridgehead atoms. The van der Waals surface area contributed by atoms with Crippen molar-refractivity contribution in [2.75, 3.05) is 13.7 Å². The second-order valence-corrected chi connectivity index (χ2v) is 6.26. The topological polar surface area (TPSA) is 58.6 Å². The minimum Gasteiger partial charge on any atom is -0.462 e. The van der Waals surface area contributed by atoms with Crippen LogP contribution in [0.15, 0.2) is 35.5 Å². The van der Waals surface area contributed by atoms with Crippen LogP contribution in [0, 0.1) is 3.57 Å². The van der Waals surface area contributed by atoms with Gasteiger partial charge in [0, 0.05) is 16.3 Å². The zero-order valence-electron chi connectivity index (χ0n) is 12.9. The first-order valence-electron chi connectivity index (χ1n) is 7.13. The number of hydrogen-bond acceptors (Lipinski definition) is 3. The maximum atomic E-state index is 12.5. The number of nitrogens with zero attached hydrogens (tertiary/aromatic N) is 1. The van der Waals surface area contributed by atoms with Crippen LogP contribution in [0.2, 0.25) is 0 Å².